The largest absolute Gasteiger partial charge is 0.314 e. The molecule has 0 radical (unpaired) electrons. The summed E-state index contributed by atoms with van der Waals surface area (Å²) in [7, 11) is 0. The fourth-order valence-electron chi connectivity index (χ4n) is 2.83. The summed E-state index contributed by atoms with van der Waals surface area (Å²) < 4.78 is 0.547. The minimum absolute atomic E-state index is 0. The molecular formula is C15H24BrCl2N3O2. The van der Waals surface area contributed by atoms with Crippen LogP contribution in [0.1, 0.15) is 37.8 Å². The van der Waals surface area contributed by atoms with Crippen LogP contribution in [0.25, 0.3) is 0 Å². The van der Waals surface area contributed by atoms with E-state index >= 15 is 0 Å². The normalized spacial score (nSPS) is 16.1. The first-order chi connectivity index (χ1) is 10.1. The third-order valence-corrected chi connectivity index (χ3v) is 4.65. The van der Waals surface area contributed by atoms with Gasteiger partial charge in [-0.05, 0) is 34.0 Å². The van der Waals surface area contributed by atoms with Crippen LogP contribution in [-0.2, 0) is 0 Å². The zero-order valence-electron chi connectivity index (χ0n) is 13.2. The summed E-state index contributed by atoms with van der Waals surface area (Å²) in [6.45, 7) is 6.15. The molecule has 0 unspecified atom stereocenters. The van der Waals surface area contributed by atoms with Crippen LogP contribution in [0.4, 0.5) is 5.69 Å². The van der Waals surface area contributed by atoms with Crippen molar-refractivity contribution in [2.24, 2.45) is 0 Å². The molecule has 1 aliphatic rings. The second-order valence-electron chi connectivity index (χ2n) is 5.41. The first kappa shape index (κ1) is 22.6. The number of halogens is 3. The quantitative estimate of drug-likeness (QED) is 0.540. The second-order valence-corrected chi connectivity index (χ2v) is 6.27. The summed E-state index contributed by atoms with van der Waals surface area (Å²) in [5.41, 5.74) is 1.21. The Hall–Kier alpha value is -0.400. The van der Waals surface area contributed by atoms with Crippen LogP contribution in [0.3, 0.4) is 0 Å². The molecule has 23 heavy (non-hydrogen) atoms. The molecule has 1 aliphatic heterocycles. The van der Waals surface area contributed by atoms with E-state index in [1.54, 1.807) is 12.1 Å². The maximum absolute atomic E-state index is 11.1. The molecule has 0 amide bonds. The monoisotopic (exact) mass is 427 g/mol. The van der Waals surface area contributed by atoms with Gasteiger partial charge in [-0.25, -0.2) is 0 Å². The molecule has 2 rings (SSSR count). The zero-order valence-corrected chi connectivity index (χ0v) is 16.4. The van der Waals surface area contributed by atoms with Gasteiger partial charge < -0.3 is 5.32 Å². The van der Waals surface area contributed by atoms with Crippen LogP contribution in [-0.4, -0.2) is 36.0 Å². The lowest BCUT2D eigenvalue weighted by molar-refractivity contribution is -0.385. The first-order valence-corrected chi connectivity index (χ1v) is 8.31. The fraction of sp³-hybridized carbons (Fsp3) is 0.600. The van der Waals surface area contributed by atoms with Crippen LogP contribution >= 0.6 is 40.7 Å². The maximum Gasteiger partial charge on any atom is 0.283 e. The van der Waals surface area contributed by atoms with Gasteiger partial charge in [-0.3, -0.25) is 15.0 Å². The summed E-state index contributed by atoms with van der Waals surface area (Å²) in [5, 5.41) is 14.5. The van der Waals surface area contributed by atoms with Crippen molar-refractivity contribution >= 4 is 46.4 Å². The van der Waals surface area contributed by atoms with E-state index < -0.39 is 0 Å². The van der Waals surface area contributed by atoms with Gasteiger partial charge in [-0.15, -0.1) is 24.8 Å². The average molecular weight is 429 g/mol. The number of rotatable bonds is 6. The molecule has 0 aromatic heterocycles. The lowest BCUT2D eigenvalue weighted by Gasteiger charge is -2.35. The van der Waals surface area contributed by atoms with Crippen molar-refractivity contribution in [2.45, 2.75) is 32.2 Å². The summed E-state index contributed by atoms with van der Waals surface area (Å²) in [4.78, 5) is 13.3. The van der Waals surface area contributed by atoms with Gasteiger partial charge >= 0.3 is 0 Å². The van der Waals surface area contributed by atoms with Gasteiger partial charge in [0, 0.05) is 38.3 Å². The Morgan fingerprint density at radius 1 is 1.35 bits per heavy atom. The van der Waals surface area contributed by atoms with Gasteiger partial charge in [-0.2, -0.15) is 0 Å². The Morgan fingerprint density at radius 3 is 2.57 bits per heavy atom. The van der Waals surface area contributed by atoms with E-state index in [9.17, 15) is 10.1 Å². The predicted octanol–water partition coefficient (Wildman–Crippen LogP) is 4.34. The number of unbranched alkanes of at least 4 members (excludes halogenated alkanes) is 1. The second kappa shape index (κ2) is 11.2. The minimum atomic E-state index is -0.317. The van der Waals surface area contributed by atoms with Crippen LogP contribution < -0.4 is 5.32 Å². The topological polar surface area (TPSA) is 58.4 Å². The Bertz CT molecular complexity index is 500. The molecule has 1 aromatic carbocycles. The van der Waals surface area contributed by atoms with Crippen LogP contribution in [0.2, 0.25) is 0 Å². The van der Waals surface area contributed by atoms with E-state index in [4.69, 9.17) is 0 Å². The van der Waals surface area contributed by atoms with Gasteiger partial charge in [0.1, 0.15) is 0 Å². The average Bonchev–Trinajstić information content (AvgIpc) is 2.50. The highest BCUT2D eigenvalue weighted by Gasteiger charge is 2.24. The lowest BCUT2D eigenvalue weighted by atomic mass is 9.98. The van der Waals surface area contributed by atoms with E-state index in [1.165, 1.54) is 0 Å². The first-order valence-electron chi connectivity index (χ1n) is 7.52. The number of piperazine rings is 1. The number of nitrogens with one attached hydrogen (secondary N) is 1. The highest BCUT2D eigenvalue weighted by molar-refractivity contribution is 9.10. The van der Waals surface area contributed by atoms with Crippen molar-refractivity contribution in [1.29, 1.82) is 0 Å². The lowest BCUT2D eigenvalue weighted by Crippen LogP contribution is -2.45. The fourth-order valence-corrected chi connectivity index (χ4v) is 3.22. The highest BCUT2D eigenvalue weighted by Crippen LogP contribution is 2.33. The van der Waals surface area contributed by atoms with Crippen molar-refractivity contribution in [2.75, 3.05) is 26.2 Å². The van der Waals surface area contributed by atoms with Gasteiger partial charge in [0.05, 0.1) is 9.40 Å². The van der Waals surface area contributed by atoms with Gasteiger partial charge in [-0.1, -0.05) is 25.8 Å². The molecule has 0 spiro atoms. The van der Waals surface area contributed by atoms with Crippen molar-refractivity contribution < 1.29 is 4.92 Å². The molecule has 0 bridgehead atoms. The third kappa shape index (κ3) is 6.19. The minimum Gasteiger partial charge on any atom is -0.314 e. The van der Waals surface area contributed by atoms with Crippen LogP contribution in [0.5, 0.6) is 0 Å². The molecule has 132 valence electrons. The summed E-state index contributed by atoms with van der Waals surface area (Å²) >= 11 is 3.26. The summed E-state index contributed by atoms with van der Waals surface area (Å²) in [6, 6.07) is 5.82. The maximum atomic E-state index is 11.1. The Kier molecular flexibility index (Phi) is 11.0. The van der Waals surface area contributed by atoms with E-state index in [0.717, 1.165) is 51.0 Å². The number of benzene rings is 1. The van der Waals surface area contributed by atoms with Gasteiger partial charge in [0.15, 0.2) is 0 Å². The molecule has 1 heterocycles. The van der Waals surface area contributed by atoms with E-state index in [0.29, 0.717) is 4.47 Å². The molecule has 1 N–H and O–H groups in total. The van der Waals surface area contributed by atoms with Crippen molar-refractivity contribution in [3.05, 3.63) is 38.3 Å². The van der Waals surface area contributed by atoms with Crippen molar-refractivity contribution in [3.8, 4) is 0 Å². The van der Waals surface area contributed by atoms with Crippen LogP contribution in [0.15, 0.2) is 22.7 Å². The van der Waals surface area contributed by atoms with E-state index in [-0.39, 0.29) is 41.5 Å². The Balaban J connectivity index is 0.00000242. The van der Waals surface area contributed by atoms with Crippen molar-refractivity contribution in [1.82, 2.24) is 10.2 Å². The van der Waals surface area contributed by atoms with Crippen LogP contribution in [0, 0.1) is 10.1 Å². The molecule has 1 aromatic rings. The molecule has 5 nitrogen and oxygen atoms in total. The Morgan fingerprint density at radius 2 is 2.00 bits per heavy atom. The summed E-state index contributed by atoms with van der Waals surface area (Å²) in [5.74, 6) is 0. The van der Waals surface area contributed by atoms with Crippen molar-refractivity contribution in [3.63, 3.8) is 0 Å². The standard InChI is InChI=1S/C15H22BrN3O2.2ClH/c1-2-3-4-14(18-9-7-17-8-10-18)12-5-6-13(16)15(11-12)19(20)21;;/h5-6,11,14,17H,2-4,7-10H2,1H3;2*1H/t14-;;/m0../s1. The van der Waals surface area contributed by atoms with Gasteiger partial charge in [0.2, 0.25) is 0 Å². The number of nitro groups is 1. The summed E-state index contributed by atoms with van der Waals surface area (Å²) in [6.07, 6.45) is 3.33. The molecular weight excluding hydrogens is 405 g/mol. The number of hydrogen-bond donors (Lipinski definition) is 1. The molecule has 1 fully saturated rings. The number of nitro benzene ring substituents is 1. The third-order valence-electron chi connectivity index (χ3n) is 3.98. The Labute approximate surface area is 158 Å². The number of hydrogen-bond acceptors (Lipinski definition) is 4. The molecule has 8 heteroatoms. The SMILES string of the molecule is CCCC[C@@H](c1ccc(Br)c([N+](=O)[O-])c1)N1CCNCC1.Cl.Cl. The van der Waals surface area contributed by atoms with E-state index in [1.807, 2.05) is 6.07 Å². The predicted molar refractivity (Wildman–Crippen MR) is 102 cm³/mol. The smallest absolute Gasteiger partial charge is 0.283 e. The molecule has 1 saturated heterocycles. The van der Waals surface area contributed by atoms with Gasteiger partial charge in [0.25, 0.3) is 5.69 Å². The molecule has 1 atom stereocenters. The zero-order chi connectivity index (χ0) is 15.2. The highest BCUT2D eigenvalue weighted by atomic mass is 79.9. The number of nitrogens with zero attached hydrogens (tertiary/aromatic N) is 2. The molecule has 0 saturated carbocycles. The molecule has 0 aliphatic carbocycles. The van der Waals surface area contributed by atoms with E-state index in [2.05, 4.69) is 33.1 Å².